The number of carbonyl (C=O) groups excluding carboxylic acids is 1. The molecule has 1 unspecified atom stereocenters. The minimum absolute atomic E-state index is 0.00139. The number of aliphatic hydroxyl groups is 1. The maximum absolute atomic E-state index is 14.7. The number of halogens is 4. The van der Waals surface area contributed by atoms with Crippen molar-refractivity contribution in [3.05, 3.63) is 107 Å². The summed E-state index contributed by atoms with van der Waals surface area (Å²) in [4.78, 5) is 16.9. The van der Waals surface area contributed by atoms with E-state index in [1.54, 1.807) is 30.3 Å². The molecule has 0 spiro atoms. The van der Waals surface area contributed by atoms with Gasteiger partial charge in [0.15, 0.2) is 0 Å². The maximum Gasteiger partial charge on any atom is 0.430 e. The molecule has 3 aromatic rings. The number of carbonyl (C=O) groups is 1. The molecule has 0 radical (unpaired) electrons. The number of hydrogen-bond acceptors (Lipinski definition) is 5. The third-order valence-electron chi connectivity index (χ3n) is 4.77. The smallest absolute Gasteiger partial charge is 0.395 e. The highest BCUT2D eigenvalue weighted by Gasteiger charge is 2.32. The third kappa shape index (κ3) is 6.31. The van der Waals surface area contributed by atoms with Gasteiger partial charge in [0.1, 0.15) is 23.3 Å². The molecule has 0 fully saturated rings. The lowest BCUT2D eigenvalue weighted by Gasteiger charge is -2.17. The van der Waals surface area contributed by atoms with E-state index in [1.807, 2.05) is 6.07 Å². The minimum atomic E-state index is -4.96. The summed E-state index contributed by atoms with van der Waals surface area (Å²) in [6.07, 6.45) is -5.99. The van der Waals surface area contributed by atoms with E-state index in [0.717, 1.165) is 6.07 Å². The Morgan fingerprint density at radius 3 is 2.43 bits per heavy atom. The lowest BCUT2D eigenvalue weighted by Crippen LogP contribution is -2.27. The van der Waals surface area contributed by atoms with Crippen LogP contribution in [0.15, 0.2) is 89.6 Å². The van der Waals surface area contributed by atoms with Gasteiger partial charge >= 0.3 is 6.18 Å². The Kier molecular flexibility index (Phi) is 7.63. The Hall–Kier alpha value is -4.49. The van der Waals surface area contributed by atoms with Gasteiger partial charge < -0.3 is 16.2 Å². The predicted octanol–water partition coefficient (Wildman–Crippen LogP) is 4.90. The molecule has 0 heterocycles. The number of nitrogens with one attached hydrogen (secondary N) is 1. The molecule has 0 aromatic heterocycles. The van der Waals surface area contributed by atoms with Gasteiger partial charge in [0, 0.05) is 5.56 Å². The summed E-state index contributed by atoms with van der Waals surface area (Å²) in [5.74, 6) is -2.14. The first-order valence-electron chi connectivity index (χ1n) is 10.1. The van der Waals surface area contributed by atoms with Gasteiger partial charge in [-0.1, -0.05) is 48.5 Å². The van der Waals surface area contributed by atoms with E-state index in [-0.39, 0.29) is 16.8 Å². The molecule has 0 saturated heterocycles. The van der Waals surface area contributed by atoms with Crippen molar-refractivity contribution in [3.8, 4) is 6.07 Å². The number of aliphatic imine (C=N–C) groups is 1. The highest BCUT2D eigenvalue weighted by atomic mass is 19.4. The molecule has 4 N–H and O–H groups in total. The van der Waals surface area contributed by atoms with Gasteiger partial charge in [0.2, 0.25) is 0 Å². The van der Waals surface area contributed by atoms with Crippen molar-refractivity contribution in [1.82, 2.24) is 0 Å². The van der Waals surface area contributed by atoms with Gasteiger partial charge in [0.05, 0.1) is 23.0 Å². The molecular weight excluding hydrogens is 464 g/mol. The number of rotatable bonds is 6. The Morgan fingerprint density at radius 2 is 1.77 bits per heavy atom. The summed E-state index contributed by atoms with van der Waals surface area (Å²) in [6.45, 7) is 0. The molecule has 0 bridgehead atoms. The van der Waals surface area contributed by atoms with Crippen LogP contribution in [0.5, 0.6) is 0 Å². The average Bonchev–Trinajstić information content (AvgIpc) is 2.84. The predicted molar refractivity (Wildman–Crippen MR) is 122 cm³/mol. The summed E-state index contributed by atoms with van der Waals surface area (Å²) in [6, 6.07) is 19.2. The van der Waals surface area contributed by atoms with E-state index in [2.05, 4.69) is 10.3 Å². The van der Waals surface area contributed by atoms with Crippen LogP contribution in [0.3, 0.4) is 0 Å². The van der Waals surface area contributed by atoms with Crippen LogP contribution in [-0.4, -0.2) is 22.9 Å². The van der Waals surface area contributed by atoms with Crippen molar-refractivity contribution >= 4 is 23.0 Å². The van der Waals surface area contributed by atoms with Crippen molar-refractivity contribution in [1.29, 1.82) is 5.26 Å². The van der Waals surface area contributed by atoms with Crippen LogP contribution >= 0.6 is 0 Å². The molecular formula is C25H18F4N4O2. The van der Waals surface area contributed by atoms with Crippen LogP contribution in [0.25, 0.3) is 0 Å². The number of allylic oxidation sites excluding steroid dienone is 1. The lowest BCUT2D eigenvalue weighted by molar-refractivity contribution is -0.110. The first-order valence-corrected chi connectivity index (χ1v) is 10.1. The fraction of sp³-hybridized carbons (Fsp3) is 0.0800. The van der Waals surface area contributed by atoms with E-state index >= 15 is 0 Å². The SMILES string of the molecule is N#Cc1cccc(N=C(C=C(N)C(F)(F)F)C(=O)Nc2c(F)cccc2C(O)c2ccccc2)c1. The van der Waals surface area contributed by atoms with Gasteiger partial charge in [-0.3, -0.25) is 4.79 Å². The average molecular weight is 482 g/mol. The van der Waals surface area contributed by atoms with Gasteiger partial charge in [-0.05, 0) is 35.9 Å². The first-order chi connectivity index (χ1) is 16.6. The second kappa shape index (κ2) is 10.6. The fourth-order valence-corrected chi connectivity index (χ4v) is 3.05. The molecule has 35 heavy (non-hydrogen) atoms. The van der Waals surface area contributed by atoms with Crippen molar-refractivity contribution in [2.24, 2.45) is 10.7 Å². The van der Waals surface area contributed by atoms with Gasteiger partial charge in [0.25, 0.3) is 5.91 Å². The van der Waals surface area contributed by atoms with E-state index in [4.69, 9.17) is 11.0 Å². The molecule has 0 aliphatic heterocycles. The summed E-state index contributed by atoms with van der Waals surface area (Å²) in [7, 11) is 0. The number of aliphatic hydroxyl groups excluding tert-OH is 1. The Morgan fingerprint density at radius 1 is 1.09 bits per heavy atom. The molecule has 10 heteroatoms. The monoisotopic (exact) mass is 482 g/mol. The zero-order chi connectivity index (χ0) is 25.6. The number of nitrogens with two attached hydrogens (primary N) is 1. The number of nitrogens with zero attached hydrogens (tertiary/aromatic N) is 2. The molecule has 6 nitrogen and oxygen atoms in total. The van der Waals surface area contributed by atoms with Crippen LogP contribution in [0, 0.1) is 17.1 Å². The van der Waals surface area contributed by atoms with Gasteiger partial charge in [-0.2, -0.15) is 18.4 Å². The fourth-order valence-electron chi connectivity index (χ4n) is 3.05. The summed E-state index contributed by atoms with van der Waals surface area (Å²) < 4.78 is 53.9. The lowest BCUT2D eigenvalue weighted by atomic mass is 9.99. The van der Waals surface area contributed by atoms with Gasteiger partial charge in [-0.25, -0.2) is 9.38 Å². The van der Waals surface area contributed by atoms with E-state index in [1.165, 1.54) is 36.4 Å². The molecule has 3 aromatic carbocycles. The molecule has 0 saturated carbocycles. The second-order valence-electron chi connectivity index (χ2n) is 7.23. The number of anilines is 1. The minimum Gasteiger partial charge on any atom is -0.395 e. The Labute approximate surface area is 197 Å². The zero-order valence-electron chi connectivity index (χ0n) is 17.9. The van der Waals surface area contributed by atoms with Crippen molar-refractivity contribution in [3.63, 3.8) is 0 Å². The number of amides is 1. The van der Waals surface area contributed by atoms with E-state index in [9.17, 15) is 27.5 Å². The largest absolute Gasteiger partial charge is 0.430 e. The topological polar surface area (TPSA) is 112 Å². The molecule has 178 valence electrons. The van der Waals surface area contributed by atoms with E-state index < -0.39 is 41.1 Å². The molecule has 0 aliphatic carbocycles. The Balaban J connectivity index is 2.05. The number of nitriles is 1. The number of para-hydroxylation sites is 1. The number of alkyl halides is 3. The highest BCUT2D eigenvalue weighted by molar-refractivity contribution is 6.47. The van der Waals surface area contributed by atoms with Gasteiger partial charge in [-0.15, -0.1) is 0 Å². The van der Waals surface area contributed by atoms with Crippen LogP contribution in [-0.2, 0) is 4.79 Å². The highest BCUT2D eigenvalue weighted by Crippen LogP contribution is 2.31. The van der Waals surface area contributed by atoms with Crippen LogP contribution in [0.1, 0.15) is 22.8 Å². The molecule has 0 aliphatic rings. The summed E-state index contributed by atoms with van der Waals surface area (Å²) in [5.41, 5.74) is 2.77. The van der Waals surface area contributed by atoms with Crippen LogP contribution in [0.4, 0.5) is 28.9 Å². The normalized spacial score (nSPS) is 13.1. The second-order valence-corrected chi connectivity index (χ2v) is 7.23. The summed E-state index contributed by atoms with van der Waals surface area (Å²) >= 11 is 0. The van der Waals surface area contributed by atoms with Crippen molar-refractivity contribution in [2.75, 3.05) is 5.32 Å². The number of hydrogen-bond donors (Lipinski definition) is 3. The zero-order valence-corrected chi connectivity index (χ0v) is 17.9. The number of benzene rings is 3. The molecule has 1 amide bonds. The molecule has 3 rings (SSSR count). The summed E-state index contributed by atoms with van der Waals surface area (Å²) in [5, 5.41) is 22.0. The van der Waals surface area contributed by atoms with Crippen LogP contribution < -0.4 is 11.1 Å². The first kappa shape index (κ1) is 25.1. The third-order valence-corrected chi connectivity index (χ3v) is 4.77. The van der Waals surface area contributed by atoms with E-state index in [0.29, 0.717) is 11.6 Å². The Bertz CT molecular complexity index is 1330. The standard InChI is InChI=1S/C25H18F4N4O2/c26-19-11-5-10-18(23(34)16-7-2-1-3-8-16)22(19)33-24(35)20(13-21(31)25(27,28)29)32-17-9-4-6-15(12-17)14-30/h1-13,23,34H,31H2,(H,33,35). The molecule has 1 atom stereocenters. The van der Waals surface area contributed by atoms with Crippen LogP contribution in [0.2, 0.25) is 0 Å². The van der Waals surface area contributed by atoms with Crippen molar-refractivity contribution < 1.29 is 27.5 Å². The van der Waals surface area contributed by atoms with Crippen molar-refractivity contribution in [2.45, 2.75) is 12.3 Å². The quantitative estimate of drug-likeness (QED) is 0.343. The maximum atomic E-state index is 14.7.